The largest absolute Gasteiger partial charge is 0.488 e. The zero-order valence-corrected chi connectivity index (χ0v) is 85.7. The summed E-state index contributed by atoms with van der Waals surface area (Å²) >= 11 is 41.4. The van der Waals surface area contributed by atoms with Gasteiger partial charge in [-0.1, -0.05) is 441 Å². The van der Waals surface area contributed by atoms with Crippen molar-refractivity contribution in [3.8, 4) is 89.0 Å². The summed E-state index contributed by atoms with van der Waals surface area (Å²) in [6.07, 6.45) is 0. The third-order valence-electron chi connectivity index (χ3n) is 24.6. The van der Waals surface area contributed by atoms with E-state index in [1.807, 2.05) is 103 Å². The summed E-state index contributed by atoms with van der Waals surface area (Å²) in [5.74, 6) is -0.881. The lowest BCUT2D eigenvalue weighted by Gasteiger charge is -2.23. The fraction of sp³-hybridized carbons (Fsp3) is 0.0645. The highest BCUT2D eigenvalue weighted by Crippen LogP contribution is 2.54. The van der Waals surface area contributed by atoms with Crippen molar-refractivity contribution in [2.75, 3.05) is 14.2 Å². The summed E-state index contributed by atoms with van der Waals surface area (Å²) < 4.78 is 12.8. The van der Waals surface area contributed by atoms with Crippen molar-refractivity contribution < 1.29 is 34.2 Å². The third-order valence-corrected chi connectivity index (χ3v) is 27.8. The van der Waals surface area contributed by atoms with Crippen LogP contribution in [0.4, 0.5) is 0 Å². The van der Waals surface area contributed by atoms with Gasteiger partial charge in [-0.3, -0.25) is 0 Å². The number of fused-ring (bicyclic) bond motifs is 10. The first kappa shape index (κ1) is 99.9. The summed E-state index contributed by atoms with van der Waals surface area (Å²) in [6.45, 7) is 8.19. The Labute approximate surface area is 866 Å². The second-order valence-corrected chi connectivity index (χ2v) is 39.4. The Bertz CT molecular complexity index is 8050. The predicted molar refractivity (Wildman–Crippen MR) is 602 cm³/mol. The zero-order chi connectivity index (χ0) is 98.3. The molecule has 21 aromatic rings. The fourth-order valence-corrected chi connectivity index (χ4v) is 19.9. The van der Waals surface area contributed by atoms with Crippen molar-refractivity contribution in [1.29, 1.82) is 0 Å². The van der Waals surface area contributed by atoms with Crippen LogP contribution in [0.1, 0.15) is 65.1 Å². The Kier molecular flexibility index (Phi) is 32.5. The smallest absolute Gasteiger partial charge is 0.465 e. The summed E-state index contributed by atoms with van der Waals surface area (Å²) in [7, 11) is 1.24. The number of esters is 2. The molecule has 1 aliphatic carbocycles. The molecule has 690 valence electrons. The standard InChI is InChI=1S/C25H21ClO.C25H19Cl.C24H17ClO2.C16H13BO2.C16H11Br.C10H6Br2.C8H6Cl2O2/c1-25(2,27)22-9-6-10-23(26)24(22)20-14-12-18-11-13-19(15-21(18)16-20)17-7-4-3-5-8-17;1-25(2)21-9-6-10-22(26)23(21)19-14-13-17-11-12-18(15-20(17)24(19)25)16-7-4-3-5-8-16;1-27-24(26)21-8-5-9-22(25)23(21)19-13-11-17-10-12-18(14-20(17)15-19)16-6-3-2-4-7-16;18-17(19)16-9-8-13-6-7-14(10-15(13)11-16)12-4-2-1-3-5-12;17-16-9-8-13-6-7-14(10-15(13)11-16)12-4-2-1-3-5-12;11-9-3-1-7-2-4-10(12)6-8(7)5-9;1-12-8(11)5-3-2-4-6(9)7(5)10/h3-16,27H,1-2H3;3-15H,1-2H3;2-15H,1H3;1-11,18-19H;1-11H;1-6H;2-4H,1H3. The Morgan fingerprint density at radius 3 is 1.01 bits per heavy atom. The van der Waals surface area contributed by atoms with E-state index in [4.69, 9.17) is 62.7 Å². The van der Waals surface area contributed by atoms with Crippen LogP contribution >= 0.6 is 106 Å². The van der Waals surface area contributed by atoms with Gasteiger partial charge in [-0.05, 0) is 288 Å². The molecule has 0 radical (unpaired) electrons. The van der Waals surface area contributed by atoms with E-state index in [2.05, 4.69) is 358 Å². The predicted octanol–water partition coefficient (Wildman–Crippen LogP) is 35.7. The molecular formula is C124H93BBr3Cl5O7. The second kappa shape index (κ2) is 45.5. The Balaban J connectivity index is 0.000000120. The summed E-state index contributed by atoms with van der Waals surface area (Å²) in [5.41, 5.74) is 21.7. The lowest BCUT2D eigenvalue weighted by atomic mass is 9.79. The van der Waals surface area contributed by atoms with Gasteiger partial charge in [0.15, 0.2) is 0 Å². The van der Waals surface area contributed by atoms with Crippen molar-refractivity contribution in [2.45, 2.75) is 38.7 Å². The number of carbonyl (C=O) groups excluding carboxylic acids is 2. The lowest BCUT2D eigenvalue weighted by molar-refractivity contribution is 0.0592. The summed E-state index contributed by atoms with van der Waals surface area (Å²) in [5, 5.41) is 45.9. The number of hydrogen-bond donors (Lipinski definition) is 3. The zero-order valence-electron chi connectivity index (χ0n) is 77.1. The maximum Gasteiger partial charge on any atom is 0.488 e. The molecule has 0 spiro atoms. The van der Waals surface area contributed by atoms with E-state index in [-0.39, 0.29) is 16.0 Å². The van der Waals surface area contributed by atoms with Gasteiger partial charge in [-0.15, -0.1) is 0 Å². The van der Waals surface area contributed by atoms with Crippen LogP contribution in [-0.4, -0.2) is 48.4 Å². The number of halogens is 8. The van der Waals surface area contributed by atoms with Crippen LogP contribution in [0.5, 0.6) is 0 Å². The van der Waals surface area contributed by atoms with Crippen molar-refractivity contribution in [3.05, 3.63) is 503 Å². The van der Waals surface area contributed by atoms with Crippen LogP contribution in [-0.2, 0) is 20.5 Å². The highest BCUT2D eigenvalue weighted by molar-refractivity contribution is 9.11. The van der Waals surface area contributed by atoms with Gasteiger partial charge >= 0.3 is 19.1 Å². The molecule has 0 amide bonds. The van der Waals surface area contributed by atoms with Gasteiger partial charge in [0.1, 0.15) is 0 Å². The second-order valence-electron chi connectivity index (χ2n) is 34.6. The number of benzene rings is 21. The van der Waals surface area contributed by atoms with Gasteiger partial charge in [-0.2, -0.15) is 0 Å². The van der Waals surface area contributed by atoms with Crippen molar-refractivity contribution >= 4 is 195 Å². The van der Waals surface area contributed by atoms with Gasteiger partial charge in [0.25, 0.3) is 0 Å². The molecule has 0 atom stereocenters. The van der Waals surface area contributed by atoms with Crippen molar-refractivity contribution in [3.63, 3.8) is 0 Å². The van der Waals surface area contributed by atoms with Crippen molar-refractivity contribution in [1.82, 2.24) is 0 Å². The molecular weight excluding hydrogens is 2030 g/mol. The van der Waals surface area contributed by atoms with E-state index < -0.39 is 24.7 Å². The number of aliphatic hydroxyl groups is 1. The molecule has 3 N–H and O–H groups in total. The Morgan fingerprint density at radius 2 is 0.600 bits per heavy atom. The molecule has 140 heavy (non-hydrogen) atoms. The normalized spacial score (nSPS) is 11.4. The van der Waals surface area contributed by atoms with E-state index in [9.17, 15) is 24.7 Å². The fourth-order valence-electron chi connectivity index (χ4n) is 17.5. The van der Waals surface area contributed by atoms with Gasteiger partial charge in [0.05, 0.1) is 41.0 Å². The SMILES string of the molecule is Brc1ccc2ccc(-c3ccccc3)cc2c1.Brc1ccc2ccc(Br)cc2c1.CC(C)(O)c1cccc(Cl)c1-c1ccc2ccc(-c3ccccc3)cc2c1.CC1(C)c2cccc(Cl)c2-c2ccc3ccc(-c4ccccc4)cc3c21.COC(=O)c1cccc(Cl)c1-c1ccc2ccc(-c3ccccc3)cc2c1.COC(=O)c1cccc(Cl)c1Cl.OB(O)c1ccc2ccc(-c3ccccc3)cc2c1. The van der Waals surface area contributed by atoms with E-state index in [1.165, 1.54) is 108 Å². The molecule has 0 aromatic heterocycles. The van der Waals surface area contributed by atoms with Crippen LogP contribution < -0.4 is 5.46 Å². The first-order valence-corrected chi connectivity index (χ1v) is 49.5. The molecule has 22 rings (SSSR count). The van der Waals surface area contributed by atoms with Crippen LogP contribution in [0.15, 0.2) is 450 Å². The Hall–Kier alpha value is -13.0. The number of hydrogen-bond acceptors (Lipinski definition) is 7. The molecule has 0 aliphatic heterocycles. The van der Waals surface area contributed by atoms with E-state index >= 15 is 0 Å². The third kappa shape index (κ3) is 23.6. The molecule has 21 aromatic carbocycles. The highest BCUT2D eigenvalue weighted by atomic mass is 79.9. The molecule has 7 nitrogen and oxygen atoms in total. The average molecular weight is 2120 g/mol. The minimum Gasteiger partial charge on any atom is -0.465 e. The van der Waals surface area contributed by atoms with Gasteiger partial charge < -0.3 is 24.6 Å². The quantitative estimate of drug-likeness (QED) is 0.0873. The van der Waals surface area contributed by atoms with Crippen LogP contribution in [0.3, 0.4) is 0 Å². The summed E-state index contributed by atoms with van der Waals surface area (Å²) in [6, 6.07) is 147. The van der Waals surface area contributed by atoms with Crippen LogP contribution in [0.2, 0.25) is 25.1 Å². The number of ether oxygens (including phenoxy) is 2. The first-order valence-electron chi connectivity index (χ1n) is 45.2. The molecule has 0 bridgehead atoms. The molecule has 0 fully saturated rings. The molecule has 0 saturated carbocycles. The van der Waals surface area contributed by atoms with Gasteiger partial charge in [0.2, 0.25) is 0 Å². The number of methoxy groups -OCH3 is 2. The van der Waals surface area contributed by atoms with Crippen molar-refractivity contribution in [2.24, 2.45) is 0 Å². The topological polar surface area (TPSA) is 113 Å². The number of carbonyl (C=O) groups is 2. The minimum absolute atomic E-state index is 0.0651. The molecule has 16 heteroatoms. The van der Waals surface area contributed by atoms with E-state index in [0.29, 0.717) is 31.7 Å². The van der Waals surface area contributed by atoms with Gasteiger partial charge in [-0.25, -0.2) is 9.59 Å². The highest BCUT2D eigenvalue weighted by Gasteiger charge is 2.38. The van der Waals surface area contributed by atoms with Gasteiger partial charge in [0, 0.05) is 50.6 Å². The molecule has 0 saturated heterocycles. The molecule has 1 aliphatic rings. The lowest BCUT2D eigenvalue weighted by Crippen LogP contribution is -2.29. The van der Waals surface area contributed by atoms with Crippen LogP contribution in [0, 0.1) is 0 Å². The van der Waals surface area contributed by atoms with E-state index in [1.54, 1.807) is 56.3 Å². The van der Waals surface area contributed by atoms with E-state index in [0.717, 1.165) is 89.9 Å². The van der Waals surface area contributed by atoms with Crippen LogP contribution in [0.25, 0.3) is 154 Å². The number of rotatable bonds is 11. The Morgan fingerprint density at radius 1 is 0.293 bits per heavy atom. The minimum atomic E-state index is -1.43. The molecule has 0 heterocycles. The maximum atomic E-state index is 12.2. The first-order chi connectivity index (χ1) is 67.7. The monoisotopic (exact) mass is 2120 g/mol. The molecule has 0 unspecified atom stereocenters. The maximum absolute atomic E-state index is 12.2. The average Bonchev–Trinajstić information content (AvgIpc) is 1.55. The summed E-state index contributed by atoms with van der Waals surface area (Å²) in [4.78, 5) is 23.2.